The Morgan fingerprint density at radius 1 is 1.46 bits per heavy atom. The van der Waals surface area contributed by atoms with Gasteiger partial charge in [-0.05, 0) is 12.5 Å². The minimum atomic E-state index is 0.351. The summed E-state index contributed by atoms with van der Waals surface area (Å²) in [4.78, 5) is 4.07. The van der Waals surface area contributed by atoms with E-state index in [0.29, 0.717) is 12.2 Å². The Balaban J connectivity index is 2.69. The summed E-state index contributed by atoms with van der Waals surface area (Å²) in [5, 5.41) is 8.39. The van der Waals surface area contributed by atoms with E-state index in [2.05, 4.69) is 4.89 Å². The van der Waals surface area contributed by atoms with E-state index in [9.17, 15) is 0 Å². The third kappa shape index (κ3) is 2.80. The summed E-state index contributed by atoms with van der Waals surface area (Å²) in [7, 11) is 0. The van der Waals surface area contributed by atoms with Crippen LogP contribution in [0.15, 0.2) is 36.2 Å². The van der Waals surface area contributed by atoms with Gasteiger partial charge in [0, 0.05) is 12.6 Å². The van der Waals surface area contributed by atoms with E-state index >= 15 is 0 Å². The molecule has 1 aromatic rings. The highest BCUT2D eigenvalue weighted by atomic mass is 17.1. The summed E-state index contributed by atoms with van der Waals surface area (Å²) in [6.07, 6.45) is 1.76. The molecule has 0 saturated carbocycles. The largest absolute Gasteiger partial charge is 0.402 e. The maximum absolute atomic E-state index is 8.39. The van der Waals surface area contributed by atoms with Crippen LogP contribution in [0.4, 0.5) is 0 Å². The molecule has 0 aromatic heterocycles. The van der Waals surface area contributed by atoms with Crippen molar-refractivity contribution in [2.24, 2.45) is 5.73 Å². The Morgan fingerprint density at radius 3 is 2.54 bits per heavy atom. The summed E-state index contributed by atoms with van der Waals surface area (Å²) in [5.41, 5.74) is 7.47. The highest BCUT2D eigenvalue weighted by Crippen LogP contribution is 2.08. The van der Waals surface area contributed by atoms with Gasteiger partial charge in [-0.15, -0.1) is 0 Å². The number of benzene rings is 1. The molecule has 1 aromatic carbocycles. The maximum Gasteiger partial charge on any atom is 0.161 e. The lowest BCUT2D eigenvalue weighted by Crippen LogP contribution is -1.97. The summed E-state index contributed by atoms with van der Waals surface area (Å²) >= 11 is 0. The van der Waals surface area contributed by atoms with Crippen molar-refractivity contribution in [2.45, 2.75) is 13.3 Å². The monoisotopic (exact) mass is 179 g/mol. The second-order valence-corrected chi connectivity index (χ2v) is 2.89. The molecular formula is C10H13NO2. The molecule has 0 unspecified atom stereocenters. The van der Waals surface area contributed by atoms with Gasteiger partial charge in [-0.2, -0.15) is 0 Å². The predicted octanol–water partition coefficient (Wildman–Crippen LogP) is 1.83. The summed E-state index contributed by atoms with van der Waals surface area (Å²) in [5.74, 6) is 0.351. The second kappa shape index (κ2) is 4.52. The molecular weight excluding hydrogens is 166 g/mol. The highest BCUT2D eigenvalue weighted by molar-refractivity contribution is 5.24. The minimum absolute atomic E-state index is 0.351. The Kier molecular flexibility index (Phi) is 3.34. The summed E-state index contributed by atoms with van der Waals surface area (Å²) in [6, 6.07) is 7.94. The fourth-order valence-corrected chi connectivity index (χ4v) is 1.03. The van der Waals surface area contributed by atoms with Gasteiger partial charge in [0.05, 0.1) is 0 Å². The first kappa shape index (κ1) is 9.61. The minimum Gasteiger partial charge on any atom is -0.402 e. The predicted molar refractivity (Wildman–Crippen MR) is 50.9 cm³/mol. The van der Waals surface area contributed by atoms with Crippen LogP contribution in [-0.4, -0.2) is 5.26 Å². The standard InChI is InChI=1S/C10H13NO2/c1-8-2-4-9(5-3-8)6-10(7-11)13-12/h2-5,7,12H,6,11H2,1H3/b10-7-. The van der Waals surface area contributed by atoms with Crippen molar-refractivity contribution < 1.29 is 10.1 Å². The van der Waals surface area contributed by atoms with E-state index in [-0.39, 0.29) is 0 Å². The van der Waals surface area contributed by atoms with Gasteiger partial charge < -0.3 is 10.6 Å². The van der Waals surface area contributed by atoms with Crippen LogP contribution in [0.1, 0.15) is 11.1 Å². The smallest absolute Gasteiger partial charge is 0.161 e. The SMILES string of the molecule is Cc1ccc(C/C(=C/N)OO)cc1. The molecule has 0 amide bonds. The van der Waals surface area contributed by atoms with E-state index in [1.54, 1.807) is 0 Å². The van der Waals surface area contributed by atoms with Gasteiger partial charge in [0.25, 0.3) is 0 Å². The van der Waals surface area contributed by atoms with Crippen molar-refractivity contribution in [2.75, 3.05) is 0 Å². The molecule has 1 rings (SSSR count). The lowest BCUT2D eigenvalue weighted by molar-refractivity contribution is -0.204. The molecule has 0 bridgehead atoms. The van der Waals surface area contributed by atoms with E-state index in [1.165, 1.54) is 11.8 Å². The van der Waals surface area contributed by atoms with Crippen LogP contribution in [0.2, 0.25) is 0 Å². The molecule has 0 aliphatic heterocycles. The zero-order valence-electron chi connectivity index (χ0n) is 7.53. The van der Waals surface area contributed by atoms with Crippen molar-refractivity contribution in [3.63, 3.8) is 0 Å². The topological polar surface area (TPSA) is 55.5 Å². The first-order chi connectivity index (χ1) is 6.26. The van der Waals surface area contributed by atoms with Gasteiger partial charge in [-0.25, -0.2) is 5.26 Å². The molecule has 3 nitrogen and oxygen atoms in total. The van der Waals surface area contributed by atoms with Crippen molar-refractivity contribution in [1.82, 2.24) is 0 Å². The molecule has 70 valence electrons. The molecule has 3 N–H and O–H groups in total. The Labute approximate surface area is 77.4 Å². The fourth-order valence-electron chi connectivity index (χ4n) is 1.03. The number of hydrogen-bond donors (Lipinski definition) is 2. The van der Waals surface area contributed by atoms with Crippen LogP contribution in [0.25, 0.3) is 0 Å². The highest BCUT2D eigenvalue weighted by Gasteiger charge is 1.99. The Bertz CT molecular complexity index is 290. The van der Waals surface area contributed by atoms with Crippen LogP contribution in [0, 0.1) is 6.92 Å². The van der Waals surface area contributed by atoms with E-state index < -0.39 is 0 Å². The van der Waals surface area contributed by atoms with Gasteiger partial charge in [-0.1, -0.05) is 29.8 Å². The third-order valence-electron chi connectivity index (χ3n) is 1.80. The lowest BCUT2D eigenvalue weighted by Gasteiger charge is -2.02. The zero-order chi connectivity index (χ0) is 9.68. The van der Waals surface area contributed by atoms with Crippen molar-refractivity contribution >= 4 is 0 Å². The van der Waals surface area contributed by atoms with Gasteiger partial charge in [0.1, 0.15) is 0 Å². The van der Waals surface area contributed by atoms with Gasteiger partial charge in [0.2, 0.25) is 0 Å². The van der Waals surface area contributed by atoms with Gasteiger partial charge >= 0.3 is 0 Å². The third-order valence-corrected chi connectivity index (χ3v) is 1.80. The molecule has 0 aliphatic rings. The number of allylic oxidation sites excluding steroid dienone is 1. The van der Waals surface area contributed by atoms with Crippen LogP contribution < -0.4 is 5.73 Å². The number of aryl methyl sites for hydroxylation is 1. The average molecular weight is 179 g/mol. The lowest BCUT2D eigenvalue weighted by atomic mass is 10.1. The Morgan fingerprint density at radius 2 is 2.08 bits per heavy atom. The molecule has 13 heavy (non-hydrogen) atoms. The molecule has 3 heteroatoms. The van der Waals surface area contributed by atoms with E-state index in [1.807, 2.05) is 31.2 Å². The molecule has 0 spiro atoms. The van der Waals surface area contributed by atoms with Crippen molar-refractivity contribution in [3.8, 4) is 0 Å². The number of rotatable bonds is 3. The van der Waals surface area contributed by atoms with Crippen molar-refractivity contribution in [3.05, 3.63) is 47.4 Å². The molecule has 0 fully saturated rings. The molecule has 0 atom stereocenters. The van der Waals surface area contributed by atoms with Crippen LogP contribution in [0.5, 0.6) is 0 Å². The number of hydrogen-bond acceptors (Lipinski definition) is 3. The first-order valence-corrected chi connectivity index (χ1v) is 4.04. The van der Waals surface area contributed by atoms with E-state index in [0.717, 1.165) is 5.56 Å². The maximum atomic E-state index is 8.39. The van der Waals surface area contributed by atoms with Gasteiger partial charge in [-0.3, -0.25) is 0 Å². The molecule has 0 heterocycles. The normalized spacial score (nSPS) is 11.4. The molecule has 0 saturated heterocycles. The van der Waals surface area contributed by atoms with Crippen LogP contribution in [0.3, 0.4) is 0 Å². The average Bonchev–Trinajstić information content (AvgIpc) is 2.17. The second-order valence-electron chi connectivity index (χ2n) is 2.89. The van der Waals surface area contributed by atoms with Crippen LogP contribution in [-0.2, 0) is 11.3 Å². The van der Waals surface area contributed by atoms with Gasteiger partial charge in [0.15, 0.2) is 5.76 Å². The summed E-state index contributed by atoms with van der Waals surface area (Å²) in [6.45, 7) is 2.02. The Hall–Kier alpha value is -1.48. The van der Waals surface area contributed by atoms with Crippen LogP contribution >= 0.6 is 0 Å². The first-order valence-electron chi connectivity index (χ1n) is 4.04. The molecule has 0 radical (unpaired) electrons. The fraction of sp³-hybridized carbons (Fsp3) is 0.200. The number of nitrogens with two attached hydrogens (primary N) is 1. The zero-order valence-corrected chi connectivity index (χ0v) is 7.53. The van der Waals surface area contributed by atoms with Crippen molar-refractivity contribution in [1.29, 1.82) is 0 Å². The summed E-state index contributed by atoms with van der Waals surface area (Å²) < 4.78 is 0. The van der Waals surface area contributed by atoms with E-state index in [4.69, 9.17) is 11.0 Å². The quantitative estimate of drug-likeness (QED) is 0.423. The molecule has 0 aliphatic carbocycles.